The molecule has 5 nitrogen and oxygen atoms in total. The summed E-state index contributed by atoms with van der Waals surface area (Å²) in [6.45, 7) is 6.92. The van der Waals surface area contributed by atoms with Gasteiger partial charge in [-0.05, 0) is 27.2 Å². The van der Waals surface area contributed by atoms with E-state index in [1.54, 1.807) is 4.90 Å². The Hall–Kier alpha value is -0.810. The largest absolute Gasteiger partial charge is 0.444 e. The molecule has 0 unspecified atom stereocenters. The van der Waals surface area contributed by atoms with Crippen LogP contribution in [0.5, 0.6) is 0 Å². The Morgan fingerprint density at radius 1 is 1.47 bits per heavy atom. The number of rotatable bonds is 0. The van der Waals surface area contributed by atoms with Crippen LogP contribution in [0.1, 0.15) is 27.2 Å². The van der Waals surface area contributed by atoms with Crippen molar-refractivity contribution in [1.82, 2.24) is 4.90 Å². The van der Waals surface area contributed by atoms with E-state index in [0.717, 1.165) is 20.1 Å². The molecule has 1 amide bonds. The lowest BCUT2D eigenvalue weighted by molar-refractivity contribution is 0.0292. The highest BCUT2D eigenvalue weighted by atomic mass is 16.6. The van der Waals surface area contributed by atoms with Crippen LogP contribution in [-0.4, -0.2) is 47.9 Å². The van der Waals surface area contributed by atoms with Crippen molar-refractivity contribution in [3.8, 4) is 0 Å². The summed E-state index contributed by atoms with van der Waals surface area (Å²) in [5, 5.41) is 7.00. The van der Waals surface area contributed by atoms with E-state index in [4.69, 9.17) is 15.6 Å². The number of carbonyl (C=O) groups is 1. The molecule has 90 valence electrons. The predicted molar refractivity (Wildman–Crippen MR) is 58.5 cm³/mol. The molecule has 1 fully saturated rings. The first-order valence-corrected chi connectivity index (χ1v) is 5.07. The molecule has 1 saturated heterocycles. The van der Waals surface area contributed by atoms with E-state index in [1.807, 2.05) is 20.8 Å². The number of aliphatic hydroxyl groups excluding tert-OH is 1. The average Bonchev–Trinajstić information content (AvgIpc) is 2.52. The van der Waals surface area contributed by atoms with Crippen LogP contribution >= 0.6 is 0 Å². The first kappa shape index (κ1) is 14.2. The van der Waals surface area contributed by atoms with Crippen molar-refractivity contribution < 1.29 is 14.6 Å². The molecular formula is C10H22N2O3. The summed E-state index contributed by atoms with van der Waals surface area (Å²) in [6.07, 6.45) is 0.625. The van der Waals surface area contributed by atoms with Crippen LogP contribution in [0.15, 0.2) is 0 Å². The molecule has 1 atom stereocenters. The summed E-state index contributed by atoms with van der Waals surface area (Å²) in [7, 11) is 1.00. The summed E-state index contributed by atoms with van der Waals surface area (Å²) in [5.74, 6) is 0. The summed E-state index contributed by atoms with van der Waals surface area (Å²) in [4.78, 5) is 13.1. The first-order valence-electron chi connectivity index (χ1n) is 5.07. The smallest absolute Gasteiger partial charge is 0.410 e. The Morgan fingerprint density at radius 2 is 2.00 bits per heavy atom. The second-order valence-electron chi connectivity index (χ2n) is 4.48. The highest BCUT2D eigenvalue weighted by Gasteiger charge is 2.27. The molecule has 1 rings (SSSR count). The van der Waals surface area contributed by atoms with Gasteiger partial charge in [0.25, 0.3) is 0 Å². The Balaban J connectivity index is 0.000000921. The second kappa shape index (κ2) is 5.92. The van der Waals surface area contributed by atoms with Crippen molar-refractivity contribution in [3.63, 3.8) is 0 Å². The van der Waals surface area contributed by atoms with Crippen molar-refractivity contribution in [2.45, 2.75) is 38.8 Å². The van der Waals surface area contributed by atoms with Gasteiger partial charge in [-0.25, -0.2) is 4.79 Å². The number of carbonyl (C=O) groups excluding carboxylic acids is 1. The van der Waals surface area contributed by atoms with Crippen molar-refractivity contribution in [2.24, 2.45) is 5.73 Å². The molecule has 0 radical (unpaired) electrons. The van der Waals surface area contributed by atoms with Gasteiger partial charge in [0.2, 0.25) is 0 Å². The molecule has 1 aliphatic rings. The van der Waals surface area contributed by atoms with Gasteiger partial charge in [-0.15, -0.1) is 0 Å². The molecule has 1 aliphatic heterocycles. The first-order chi connectivity index (χ1) is 6.88. The van der Waals surface area contributed by atoms with Crippen LogP contribution in [0.2, 0.25) is 0 Å². The van der Waals surface area contributed by atoms with E-state index < -0.39 is 5.60 Å². The van der Waals surface area contributed by atoms with E-state index in [1.165, 1.54) is 0 Å². The summed E-state index contributed by atoms with van der Waals surface area (Å²) < 4.78 is 5.20. The van der Waals surface area contributed by atoms with Crippen molar-refractivity contribution >= 4 is 6.09 Å². The maximum atomic E-state index is 11.5. The van der Waals surface area contributed by atoms with Gasteiger partial charge >= 0.3 is 6.09 Å². The van der Waals surface area contributed by atoms with Gasteiger partial charge in [0.15, 0.2) is 0 Å². The lowest BCUT2D eigenvalue weighted by atomic mass is 10.2. The monoisotopic (exact) mass is 218 g/mol. The zero-order chi connectivity index (χ0) is 12.1. The van der Waals surface area contributed by atoms with E-state index in [9.17, 15) is 4.79 Å². The third-order valence-corrected chi connectivity index (χ3v) is 1.88. The lowest BCUT2D eigenvalue weighted by Crippen LogP contribution is -2.36. The van der Waals surface area contributed by atoms with Crippen LogP contribution < -0.4 is 5.73 Å². The zero-order valence-corrected chi connectivity index (χ0v) is 9.99. The molecule has 0 aliphatic carbocycles. The number of nitrogens with zero attached hydrogens (tertiary/aromatic N) is 1. The SMILES string of the molecule is CC(C)(C)OC(=O)N1CC[C@H](N)C1.CO. The molecule has 0 saturated carbocycles. The highest BCUT2D eigenvalue weighted by molar-refractivity contribution is 5.68. The standard InChI is InChI=1S/C9H18N2O2.CH4O/c1-9(2,3)13-8(12)11-5-4-7(10)6-11;1-2/h7H,4-6,10H2,1-3H3;2H,1H3/t7-;/m0./s1. The minimum absolute atomic E-state index is 0.118. The number of hydrogen-bond donors (Lipinski definition) is 2. The lowest BCUT2D eigenvalue weighted by Gasteiger charge is -2.24. The molecule has 1 heterocycles. The zero-order valence-electron chi connectivity index (χ0n) is 9.99. The Bertz CT molecular complexity index is 201. The van der Waals surface area contributed by atoms with Crippen LogP contribution in [0, 0.1) is 0 Å². The summed E-state index contributed by atoms with van der Waals surface area (Å²) in [6, 6.07) is 0.118. The molecule has 0 spiro atoms. The van der Waals surface area contributed by atoms with Crippen LogP contribution in [0.25, 0.3) is 0 Å². The Labute approximate surface area is 91.2 Å². The molecule has 5 heteroatoms. The van der Waals surface area contributed by atoms with Gasteiger partial charge in [-0.1, -0.05) is 0 Å². The minimum Gasteiger partial charge on any atom is -0.444 e. The number of ether oxygens (including phenoxy) is 1. The van der Waals surface area contributed by atoms with Crippen molar-refractivity contribution in [2.75, 3.05) is 20.2 Å². The third-order valence-electron chi connectivity index (χ3n) is 1.88. The molecule has 0 aromatic heterocycles. The number of hydrogen-bond acceptors (Lipinski definition) is 4. The minimum atomic E-state index is -0.413. The summed E-state index contributed by atoms with van der Waals surface area (Å²) >= 11 is 0. The van der Waals surface area contributed by atoms with Gasteiger partial charge < -0.3 is 20.5 Å². The molecule has 3 N–H and O–H groups in total. The fourth-order valence-electron chi connectivity index (χ4n) is 1.28. The molecule has 0 bridgehead atoms. The van der Waals surface area contributed by atoms with Crippen LogP contribution in [0.3, 0.4) is 0 Å². The molecule has 0 aromatic carbocycles. The topological polar surface area (TPSA) is 75.8 Å². The maximum absolute atomic E-state index is 11.5. The number of nitrogens with two attached hydrogens (primary N) is 1. The van der Waals surface area contributed by atoms with E-state index in [0.29, 0.717) is 6.54 Å². The van der Waals surface area contributed by atoms with Gasteiger partial charge in [0, 0.05) is 26.2 Å². The average molecular weight is 218 g/mol. The van der Waals surface area contributed by atoms with E-state index in [-0.39, 0.29) is 12.1 Å². The van der Waals surface area contributed by atoms with E-state index in [2.05, 4.69) is 0 Å². The number of likely N-dealkylation sites (tertiary alicyclic amines) is 1. The van der Waals surface area contributed by atoms with E-state index >= 15 is 0 Å². The normalized spacial score (nSPS) is 20.7. The number of amides is 1. The fourth-order valence-corrected chi connectivity index (χ4v) is 1.28. The van der Waals surface area contributed by atoms with Gasteiger partial charge in [-0.3, -0.25) is 0 Å². The van der Waals surface area contributed by atoms with Crippen molar-refractivity contribution in [1.29, 1.82) is 0 Å². The highest BCUT2D eigenvalue weighted by Crippen LogP contribution is 2.13. The fraction of sp³-hybridized carbons (Fsp3) is 0.900. The van der Waals surface area contributed by atoms with Gasteiger partial charge in [-0.2, -0.15) is 0 Å². The Morgan fingerprint density at radius 3 is 2.33 bits per heavy atom. The summed E-state index contributed by atoms with van der Waals surface area (Å²) in [5.41, 5.74) is 5.26. The quantitative estimate of drug-likeness (QED) is 0.623. The molecule has 0 aromatic rings. The maximum Gasteiger partial charge on any atom is 0.410 e. The Kier molecular flexibility index (Phi) is 5.60. The molecular weight excluding hydrogens is 196 g/mol. The van der Waals surface area contributed by atoms with Gasteiger partial charge in [0.1, 0.15) is 5.60 Å². The second-order valence-corrected chi connectivity index (χ2v) is 4.48. The van der Waals surface area contributed by atoms with Crippen molar-refractivity contribution in [3.05, 3.63) is 0 Å². The van der Waals surface area contributed by atoms with Gasteiger partial charge in [0.05, 0.1) is 0 Å². The predicted octanol–water partition coefficient (Wildman–Crippen LogP) is 0.563. The van der Waals surface area contributed by atoms with Crippen LogP contribution in [-0.2, 0) is 4.74 Å². The van der Waals surface area contributed by atoms with Crippen LogP contribution in [0.4, 0.5) is 4.79 Å². The third kappa shape index (κ3) is 5.59. The molecule has 15 heavy (non-hydrogen) atoms. The number of aliphatic hydroxyl groups is 1.